The summed E-state index contributed by atoms with van der Waals surface area (Å²) in [5.74, 6) is -40.2. The van der Waals surface area contributed by atoms with Gasteiger partial charge >= 0.3 is 77.5 Å². The zero-order valence-corrected chi connectivity index (χ0v) is 28.1. The van der Waals surface area contributed by atoms with Crippen molar-refractivity contribution < 1.29 is 114 Å². The predicted octanol–water partition coefficient (Wildman–Crippen LogP) is 3.70. The molecule has 0 spiro atoms. The Morgan fingerprint density at radius 3 is 1.58 bits per heavy atom. The Balaban J connectivity index is 0. The van der Waals surface area contributed by atoms with Crippen LogP contribution in [0.4, 0.5) is 52.7 Å². The van der Waals surface area contributed by atoms with Crippen LogP contribution in [-0.4, -0.2) is 79.9 Å². The average Bonchev–Trinajstić information content (AvgIpc) is 2.79. The smallest absolute Gasteiger partial charge is 0.748 e. The number of unbranched alkanes of at least 4 members (excludes halogenated alkanes) is 1. The maximum atomic E-state index is 14.1. The van der Waals surface area contributed by atoms with Crippen molar-refractivity contribution in [2.75, 3.05) is 19.0 Å². The summed E-state index contributed by atoms with van der Waals surface area (Å²) >= 11 is 0. The van der Waals surface area contributed by atoms with Crippen molar-refractivity contribution in [1.29, 1.82) is 0 Å². The van der Waals surface area contributed by atoms with Gasteiger partial charge in [0.1, 0.15) is 0 Å². The van der Waals surface area contributed by atoms with Crippen LogP contribution in [0.25, 0.3) is 0 Å². The zero-order chi connectivity index (χ0) is 35.6. The first-order chi connectivity index (χ1) is 19.1. The van der Waals surface area contributed by atoms with E-state index in [0.29, 0.717) is 0 Å². The summed E-state index contributed by atoms with van der Waals surface area (Å²) < 4.78 is 202. The van der Waals surface area contributed by atoms with Gasteiger partial charge < -0.3 is 14.0 Å². The van der Waals surface area contributed by atoms with Gasteiger partial charge in [-0.05, 0) is 51.9 Å². The fraction of sp³-hybridized carbons (Fsp3) is 0.917. The molecule has 0 aliphatic rings. The minimum absolute atomic E-state index is 0. The number of hydrogen-bond acceptors (Lipinski definition) is 7. The molecule has 0 rings (SSSR count). The first-order valence-corrected chi connectivity index (χ1v) is 14.1. The average molecular weight is 717 g/mol. The van der Waals surface area contributed by atoms with Crippen molar-refractivity contribution in [3.05, 3.63) is 0 Å². The van der Waals surface area contributed by atoms with Crippen LogP contribution in [0.2, 0.25) is 0 Å². The third kappa shape index (κ3) is 11.3. The molecule has 0 bridgehead atoms. The fourth-order valence-electron chi connectivity index (χ4n) is 4.36. The molecule has 0 heterocycles. The number of carbonyl (C=O) groups excluding carboxylic acids is 2. The molecule has 262 valence electrons. The molecule has 7 nitrogen and oxygen atoms in total. The normalized spacial score (nSPS) is 15.7. The minimum atomic E-state index is -7.78. The van der Waals surface area contributed by atoms with E-state index in [1.165, 1.54) is 6.92 Å². The molecule has 0 fully saturated rings. The van der Waals surface area contributed by atoms with Gasteiger partial charge in [0.15, 0.2) is 6.61 Å². The van der Waals surface area contributed by atoms with Crippen LogP contribution in [0.3, 0.4) is 0 Å². The molecular weight excluding hydrogens is 683 g/mol. The Kier molecular flexibility index (Phi) is 15.4. The largest absolute Gasteiger partial charge is 1.00 e. The summed E-state index contributed by atoms with van der Waals surface area (Å²) in [6, 6.07) is 0. The minimum Gasteiger partial charge on any atom is -0.748 e. The third-order valence-electron chi connectivity index (χ3n) is 6.15. The van der Waals surface area contributed by atoms with E-state index >= 15 is 0 Å². The van der Waals surface area contributed by atoms with Crippen LogP contribution in [0, 0.1) is 16.2 Å². The molecule has 0 saturated heterocycles. The first kappa shape index (κ1) is 46.1. The van der Waals surface area contributed by atoms with Crippen molar-refractivity contribution in [3.8, 4) is 0 Å². The number of rotatable bonds is 17. The molecule has 0 aromatic heterocycles. The van der Waals surface area contributed by atoms with Crippen molar-refractivity contribution in [2.24, 2.45) is 16.2 Å². The molecule has 0 amide bonds. The maximum Gasteiger partial charge on any atom is 1.00 e. The van der Waals surface area contributed by atoms with Gasteiger partial charge in [0.25, 0.3) is 0 Å². The van der Waals surface area contributed by atoms with E-state index in [1.807, 2.05) is 0 Å². The number of carbonyl (C=O) groups is 2. The van der Waals surface area contributed by atoms with E-state index in [0.717, 1.165) is 13.8 Å². The predicted molar refractivity (Wildman–Crippen MR) is 127 cm³/mol. The van der Waals surface area contributed by atoms with E-state index in [9.17, 15) is 75.2 Å². The molecule has 1 atom stereocenters. The SMILES string of the molecule is CC(C)(C)CC(C)(CC(C)(C)C(=O)OCC(F)(F)C(F)(F)C(F)(F)C(F)(F)C(F)(F)C(F)F)C(=O)OCCCCS(=O)(=O)[O-].[Na+]. The Labute approximate surface area is 274 Å². The standard InChI is InChI=1S/C24H34F12O7S.Na/c1-17(2,3)11-19(6,16(38)42-9-7-8-10-44(39,40)41)12-18(4,5)15(37)43-13-20(27,28)22(31,32)24(35,36)23(33,34)21(29,30)14(25)26;/h14H,7-13H2,1-6H3,(H,39,40,41);/q;+1/p-1. The Bertz CT molecular complexity index is 1130. The summed E-state index contributed by atoms with van der Waals surface area (Å²) in [5.41, 5.74) is -4.50. The summed E-state index contributed by atoms with van der Waals surface area (Å²) in [7, 11) is -4.55. The molecule has 1 unspecified atom stereocenters. The molecule has 0 radical (unpaired) electrons. The fourth-order valence-corrected chi connectivity index (χ4v) is 4.92. The molecule has 0 aromatic rings. The number of alkyl halides is 12. The molecule has 45 heavy (non-hydrogen) atoms. The molecular formula is C24H33F12NaO7S. The third-order valence-corrected chi connectivity index (χ3v) is 6.93. The van der Waals surface area contributed by atoms with Crippen molar-refractivity contribution >= 4 is 22.1 Å². The van der Waals surface area contributed by atoms with Crippen LogP contribution in [0.15, 0.2) is 0 Å². The number of hydrogen-bond donors (Lipinski definition) is 0. The monoisotopic (exact) mass is 716 g/mol. The van der Waals surface area contributed by atoms with Gasteiger partial charge in [-0.25, -0.2) is 17.2 Å². The van der Waals surface area contributed by atoms with Gasteiger partial charge in [-0.3, -0.25) is 9.59 Å². The number of ether oxygens (including phenoxy) is 2. The first-order valence-electron chi connectivity index (χ1n) is 12.6. The summed E-state index contributed by atoms with van der Waals surface area (Å²) in [6.07, 6.45) is -6.68. The number of esters is 2. The summed E-state index contributed by atoms with van der Waals surface area (Å²) in [5, 5.41) is 0. The molecule has 0 N–H and O–H groups in total. The van der Waals surface area contributed by atoms with Crippen molar-refractivity contribution in [2.45, 2.75) is 103 Å². The Hall–Kier alpha value is -0.990. The second-order valence-electron chi connectivity index (χ2n) is 12.4. The summed E-state index contributed by atoms with van der Waals surface area (Å²) in [6.45, 7) is 4.50. The van der Waals surface area contributed by atoms with Gasteiger partial charge in [-0.15, -0.1) is 0 Å². The molecule has 21 heteroatoms. The Morgan fingerprint density at radius 1 is 0.711 bits per heavy atom. The quantitative estimate of drug-likeness (QED) is 0.0743. The van der Waals surface area contributed by atoms with Crippen LogP contribution in [0.1, 0.15) is 67.2 Å². The van der Waals surface area contributed by atoms with E-state index in [1.54, 1.807) is 20.8 Å². The van der Waals surface area contributed by atoms with Gasteiger partial charge in [-0.1, -0.05) is 20.8 Å². The van der Waals surface area contributed by atoms with Crippen LogP contribution in [-0.2, 0) is 29.2 Å². The van der Waals surface area contributed by atoms with Crippen LogP contribution < -0.4 is 29.6 Å². The van der Waals surface area contributed by atoms with Crippen LogP contribution >= 0.6 is 0 Å². The van der Waals surface area contributed by atoms with E-state index < -0.39 is 99.7 Å². The molecule has 0 aromatic carbocycles. The second-order valence-corrected chi connectivity index (χ2v) is 13.9. The Morgan fingerprint density at radius 2 is 1.18 bits per heavy atom. The van der Waals surface area contributed by atoms with E-state index in [4.69, 9.17) is 4.74 Å². The van der Waals surface area contributed by atoms with E-state index in [-0.39, 0.29) is 48.8 Å². The van der Waals surface area contributed by atoms with Crippen molar-refractivity contribution in [1.82, 2.24) is 0 Å². The van der Waals surface area contributed by atoms with Gasteiger partial charge in [0, 0.05) is 5.75 Å². The van der Waals surface area contributed by atoms with Crippen LogP contribution in [0.5, 0.6) is 0 Å². The molecule has 0 saturated carbocycles. The van der Waals surface area contributed by atoms with E-state index in [2.05, 4.69) is 4.74 Å². The zero-order valence-electron chi connectivity index (χ0n) is 25.3. The molecule has 0 aliphatic heterocycles. The maximum absolute atomic E-state index is 14.1. The van der Waals surface area contributed by atoms with Crippen molar-refractivity contribution in [3.63, 3.8) is 0 Å². The number of halogens is 12. The van der Waals surface area contributed by atoms with Gasteiger partial charge in [-0.2, -0.15) is 43.9 Å². The van der Waals surface area contributed by atoms with Gasteiger partial charge in [0.2, 0.25) is 0 Å². The molecule has 0 aliphatic carbocycles. The van der Waals surface area contributed by atoms with Gasteiger partial charge in [0.05, 0.1) is 27.6 Å². The summed E-state index contributed by atoms with van der Waals surface area (Å²) in [4.78, 5) is 25.5. The second kappa shape index (κ2) is 15.1. The topological polar surface area (TPSA) is 110 Å².